The normalized spacial score (nSPS) is 21.9. The molecule has 0 bridgehead atoms. The van der Waals surface area contributed by atoms with Crippen molar-refractivity contribution in [3.05, 3.63) is 24.0 Å². The largest absolute Gasteiger partial charge is 0.370 e. The average molecular weight is 273 g/mol. The Balaban J connectivity index is 1.85. The zero-order valence-electron chi connectivity index (χ0n) is 12.0. The van der Waals surface area contributed by atoms with Crippen LogP contribution in [-0.2, 0) is 0 Å². The van der Waals surface area contributed by atoms with Gasteiger partial charge in [0.1, 0.15) is 0 Å². The molecule has 1 saturated carbocycles. The summed E-state index contributed by atoms with van der Waals surface area (Å²) in [6.07, 6.45) is 12.6. The van der Waals surface area contributed by atoms with Crippen molar-refractivity contribution in [2.24, 2.45) is 11.1 Å². The van der Waals surface area contributed by atoms with Crippen LogP contribution in [0.15, 0.2) is 18.5 Å². The summed E-state index contributed by atoms with van der Waals surface area (Å²) in [7, 11) is 0. The summed E-state index contributed by atoms with van der Waals surface area (Å²) < 4.78 is 0. The standard InChI is InChI=1S/C16H23N3O/c17-15(20)13-11-18-9-5-14(13)19-10-4-8-16(12-19)6-2-1-3-7-16/h5,9,11H,1-4,6-8,10,12H2,(H2,17,20). The van der Waals surface area contributed by atoms with E-state index >= 15 is 0 Å². The number of anilines is 1. The zero-order valence-corrected chi connectivity index (χ0v) is 12.0. The van der Waals surface area contributed by atoms with Crippen molar-refractivity contribution in [3.63, 3.8) is 0 Å². The number of aromatic nitrogens is 1. The van der Waals surface area contributed by atoms with Gasteiger partial charge in [0, 0.05) is 25.5 Å². The molecule has 0 atom stereocenters. The molecule has 0 aromatic carbocycles. The fourth-order valence-corrected chi connectivity index (χ4v) is 3.98. The number of hydrogen-bond acceptors (Lipinski definition) is 3. The van der Waals surface area contributed by atoms with Crippen molar-refractivity contribution in [2.75, 3.05) is 18.0 Å². The second-order valence-corrected chi connectivity index (χ2v) is 6.34. The number of primary amides is 1. The first-order valence-corrected chi connectivity index (χ1v) is 7.69. The maximum absolute atomic E-state index is 11.6. The molecule has 0 unspecified atom stereocenters. The van der Waals surface area contributed by atoms with E-state index in [2.05, 4.69) is 9.88 Å². The molecule has 3 rings (SSSR count). The monoisotopic (exact) mass is 273 g/mol. The predicted molar refractivity (Wildman–Crippen MR) is 79.7 cm³/mol. The highest BCUT2D eigenvalue weighted by Gasteiger charge is 2.37. The number of carbonyl (C=O) groups is 1. The van der Waals surface area contributed by atoms with Crippen LogP contribution in [0.5, 0.6) is 0 Å². The smallest absolute Gasteiger partial charge is 0.252 e. The molecule has 1 spiro atoms. The van der Waals surface area contributed by atoms with Crippen molar-refractivity contribution in [1.82, 2.24) is 4.98 Å². The highest BCUT2D eigenvalue weighted by molar-refractivity contribution is 5.98. The van der Waals surface area contributed by atoms with E-state index in [4.69, 9.17) is 5.73 Å². The predicted octanol–water partition coefficient (Wildman–Crippen LogP) is 2.73. The molecule has 2 N–H and O–H groups in total. The molecule has 0 radical (unpaired) electrons. The Morgan fingerprint density at radius 2 is 1.95 bits per heavy atom. The number of pyridine rings is 1. The minimum absolute atomic E-state index is 0.378. The number of piperidine rings is 1. The lowest BCUT2D eigenvalue weighted by atomic mass is 9.69. The van der Waals surface area contributed by atoms with E-state index < -0.39 is 0 Å². The van der Waals surface area contributed by atoms with E-state index in [-0.39, 0.29) is 5.91 Å². The van der Waals surface area contributed by atoms with Gasteiger partial charge in [0.05, 0.1) is 11.3 Å². The second kappa shape index (κ2) is 5.43. The molecular weight excluding hydrogens is 250 g/mol. The van der Waals surface area contributed by atoms with Gasteiger partial charge in [0.25, 0.3) is 5.91 Å². The molecule has 1 aliphatic heterocycles. The molecule has 2 aliphatic rings. The second-order valence-electron chi connectivity index (χ2n) is 6.34. The van der Waals surface area contributed by atoms with Crippen LogP contribution in [0.25, 0.3) is 0 Å². The number of nitrogens with two attached hydrogens (primary N) is 1. The Morgan fingerprint density at radius 3 is 2.70 bits per heavy atom. The number of amides is 1. The van der Waals surface area contributed by atoms with Gasteiger partial charge >= 0.3 is 0 Å². The maximum atomic E-state index is 11.6. The number of hydrogen-bond donors (Lipinski definition) is 1. The topological polar surface area (TPSA) is 59.2 Å². The van der Waals surface area contributed by atoms with Crippen molar-refractivity contribution in [2.45, 2.75) is 44.9 Å². The van der Waals surface area contributed by atoms with Gasteiger partial charge in [-0.05, 0) is 37.2 Å². The Kier molecular flexibility index (Phi) is 3.64. The molecule has 1 aromatic rings. The number of carbonyl (C=O) groups excluding carboxylic acids is 1. The van der Waals surface area contributed by atoms with Crippen LogP contribution in [0.1, 0.15) is 55.3 Å². The first-order valence-electron chi connectivity index (χ1n) is 7.69. The van der Waals surface area contributed by atoms with E-state index in [1.165, 1.54) is 44.9 Å². The zero-order chi connectivity index (χ0) is 14.0. The Labute approximate surface area is 120 Å². The third kappa shape index (κ3) is 2.51. The first kappa shape index (κ1) is 13.4. The molecule has 2 fully saturated rings. The lowest BCUT2D eigenvalue weighted by Gasteiger charge is -2.46. The van der Waals surface area contributed by atoms with Crippen LogP contribution in [0, 0.1) is 5.41 Å². The molecule has 1 saturated heterocycles. The summed E-state index contributed by atoms with van der Waals surface area (Å²) in [5, 5.41) is 0. The molecular formula is C16H23N3O. The van der Waals surface area contributed by atoms with Gasteiger partial charge in [0.15, 0.2) is 0 Å². The van der Waals surface area contributed by atoms with E-state index in [0.29, 0.717) is 11.0 Å². The Bertz CT molecular complexity index is 489. The van der Waals surface area contributed by atoms with Gasteiger partial charge in [-0.3, -0.25) is 9.78 Å². The SMILES string of the molecule is NC(=O)c1cnccc1N1CCCC2(CCCCC2)C1. The third-order valence-corrected chi connectivity index (χ3v) is 4.98. The van der Waals surface area contributed by atoms with Crippen LogP contribution in [0.3, 0.4) is 0 Å². The lowest BCUT2D eigenvalue weighted by Crippen LogP contribution is -2.45. The quantitative estimate of drug-likeness (QED) is 0.901. The van der Waals surface area contributed by atoms with E-state index in [1.807, 2.05) is 6.07 Å². The lowest BCUT2D eigenvalue weighted by molar-refractivity contribution is 0.0999. The minimum Gasteiger partial charge on any atom is -0.370 e. The summed E-state index contributed by atoms with van der Waals surface area (Å²) in [5.74, 6) is -0.378. The fraction of sp³-hybridized carbons (Fsp3) is 0.625. The van der Waals surface area contributed by atoms with Gasteiger partial charge in [-0.2, -0.15) is 0 Å². The Morgan fingerprint density at radius 1 is 1.20 bits per heavy atom. The molecule has 4 heteroatoms. The number of rotatable bonds is 2. The summed E-state index contributed by atoms with van der Waals surface area (Å²) in [6.45, 7) is 2.09. The first-order chi connectivity index (χ1) is 9.70. The summed E-state index contributed by atoms with van der Waals surface area (Å²) in [6, 6.07) is 1.93. The van der Waals surface area contributed by atoms with Gasteiger partial charge in [-0.1, -0.05) is 19.3 Å². The summed E-state index contributed by atoms with van der Waals surface area (Å²) >= 11 is 0. The van der Waals surface area contributed by atoms with Crippen LogP contribution in [0.2, 0.25) is 0 Å². The van der Waals surface area contributed by atoms with Crippen molar-refractivity contribution >= 4 is 11.6 Å². The molecule has 1 aromatic heterocycles. The van der Waals surface area contributed by atoms with Crippen molar-refractivity contribution in [1.29, 1.82) is 0 Å². The third-order valence-electron chi connectivity index (χ3n) is 4.98. The molecule has 4 nitrogen and oxygen atoms in total. The van der Waals surface area contributed by atoms with Crippen LogP contribution >= 0.6 is 0 Å². The van der Waals surface area contributed by atoms with Crippen LogP contribution < -0.4 is 10.6 Å². The van der Waals surface area contributed by atoms with E-state index in [9.17, 15) is 4.79 Å². The highest BCUT2D eigenvalue weighted by atomic mass is 16.1. The van der Waals surface area contributed by atoms with Crippen molar-refractivity contribution < 1.29 is 4.79 Å². The van der Waals surface area contributed by atoms with Gasteiger partial charge in [-0.15, -0.1) is 0 Å². The summed E-state index contributed by atoms with van der Waals surface area (Å²) in [5.41, 5.74) is 7.48. The van der Waals surface area contributed by atoms with E-state index in [1.54, 1.807) is 12.4 Å². The van der Waals surface area contributed by atoms with Gasteiger partial charge in [0.2, 0.25) is 0 Å². The molecule has 2 heterocycles. The van der Waals surface area contributed by atoms with E-state index in [0.717, 1.165) is 18.8 Å². The molecule has 20 heavy (non-hydrogen) atoms. The molecule has 1 amide bonds. The van der Waals surface area contributed by atoms with Crippen molar-refractivity contribution in [3.8, 4) is 0 Å². The van der Waals surface area contributed by atoms with Crippen LogP contribution in [0.4, 0.5) is 5.69 Å². The summed E-state index contributed by atoms with van der Waals surface area (Å²) in [4.78, 5) is 18.0. The maximum Gasteiger partial charge on any atom is 0.252 e. The highest BCUT2D eigenvalue weighted by Crippen LogP contribution is 2.44. The molecule has 108 valence electrons. The van der Waals surface area contributed by atoms with Gasteiger partial charge < -0.3 is 10.6 Å². The molecule has 1 aliphatic carbocycles. The fourth-order valence-electron chi connectivity index (χ4n) is 3.98. The van der Waals surface area contributed by atoms with Crippen LogP contribution in [-0.4, -0.2) is 24.0 Å². The number of nitrogens with zero attached hydrogens (tertiary/aromatic N) is 2. The average Bonchev–Trinajstić information content (AvgIpc) is 2.48. The Hall–Kier alpha value is -1.58. The minimum atomic E-state index is -0.378. The van der Waals surface area contributed by atoms with Gasteiger partial charge in [-0.25, -0.2) is 0 Å².